The zero-order chi connectivity index (χ0) is 14.3. The van der Waals surface area contributed by atoms with Gasteiger partial charge in [0, 0.05) is 12.4 Å². The lowest BCUT2D eigenvalue weighted by Gasteiger charge is -2.15. The number of aromatic nitrogens is 1. The van der Waals surface area contributed by atoms with Gasteiger partial charge in [0.2, 0.25) is 18.1 Å². The first kappa shape index (κ1) is 14.8. The molecule has 0 saturated heterocycles. The van der Waals surface area contributed by atoms with Gasteiger partial charge in [0.25, 0.3) is 0 Å². The van der Waals surface area contributed by atoms with Gasteiger partial charge in [0.1, 0.15) is 6.04 Å². The summed E-state index contributed by atoms with van der Waals surface area (Å²) in [6, 6.07) is 2.07. The number of hydrogen-bond acceptors (Lipinski definition) is 4. The second-order valence-electron chi connectivity index (χ2n) is 4.17. The fourth-order valence-electron chi connectivity index (χ4n) is 1.41. The molecule has 0 saturated carbocycles. The molecule has 0 bridgehead atoms. The molecule has 1 aromatic heterocycles. The van der Waals surface area contributed by atoms with Crippen LogP contribution in [0, 0.1) is 0 Å². The van der Waals surface area contributed by atoms with E-state index in [0.717, 1.165) is 5.56 Å². The summed E-state index contributed by atoms with van der Waals surface area (Å²) in [7, 11) is 0. The molecule has 6 heteroatoms. The van der Waals surface area contributed by atoms with E-state index in [1.165, 1.54) is 6.92 Å². The highest BCUT2D eigenvalue weighted by molar-refractivity contribution is 5.89. The molecule has 6 nitrogen and oxygen atoms in total. The van der Waals surface area contributed by atoms with Crippen molar-refractivity contribution in [1.82, 2.24) is 15.6 Å². The molecular formula is C13H16N3O3. The van der Waals surface area contributed by atoms with Gasteiger partial charge in [-0.1, -0.05) is 0 Å². The second-order valence-corrected chi connectivity index (χ2v) is 4.17. The molecule has 101 valence electrons. The lowest BCUT2D eigenvalue weighted by atomic mass is 10.2. The van der Waals surface area contributed by atoms with E-state index in [0.29, 0.717) is 0 Å². The Morgan fingerprint density at radius 3 is 2.47 bits per heavy atom. The molecule has 2 N–H and O–H groups in total. The molecule has 2 amide bonds. The van der Waals surface area contributed by atoms with E-state index in [1.807, 2.05) is 0 Å². The van der Waals surface area contributed by atoms with Crippen LogP contribution in [-0.2, 0) is 20.8 Å². The molecule has 2 atom stereocenters. The van der Waals surface area contributed by atoms with Gasteiger partial charge < -0.3 is 10.6 Å². The fraction of sp³-hybridized carbons (Fsp3) is 0.385. The van der Waals surface area contributed by atoms with E-state index in [1.54, 1.807) is 37.7 Å². The van der Waals surface area contributed by atoms with Crippen molar-refractivity contribution in [3.8, 4) is 0 Å². The largest absolute Gasteiger partial charge is 0.344 e. The minimum atomic E-state index is -0.704. The summed E-state index contributed by atoms with van der Waals surface area (Å²) < 4.78 is 0. The lowest BCUT2D eigenvalue weighted by molar-refractivity contribution is -0.128. The molecule has 1 aromatic rings. The summed E-state index contributed by atoms with van der Waals surface area (Å²) in [5, 5.41) is 4.97. The number of nitrogens with one attached hydrogen (secondary N) is 2. The molecule has 0 spiro atoms. The minimum Gasteiger partial charge on any atom is -0.344 e. The number of amides is 2. The maximum absolute atomic E-state index is 11.7. The maximum Gasteiger partial charge on any atom is 0.242 e. The number of pyridine rings is 1. The standard InChI is InChI=1S/C13H16N3O3/c1-9(8-17)15-13(19)10(2)16-12(18)7-11-3-5-14-6-4-11/h3-6,9-10H,7H2,1-2H3,(H,15,19)(H,16,18)/t9-,10+/m1/s1. The third-order valence-electron chi connectivity index (χ3n) is 2.42. The van der Waals surface area contributed by atoms with Crippen molar-refractivity contribution < 1.29 is 14.4 Å². The third kappa shape index (κ3) is 5.29. The van der Waals surface area contributed by atoms with Crippen LogP contribution in [0.2, 0.25) is 0 Å². The van der Waals surface area contributed by atoms with Gasteiger partial charge in [-0.05, 0) is 31.5 Å². The quantitative estimate of drug-likeness (QED) is 0.739. The van der Waals surface area contributed by atoms with Crippen LogP contribution in [0.5, 0.6) is 0 Å². The van der Waals surface area contributed by atoms with Crippen LogP contribution in [0.15, 0.2) is 24.5 Å². The van der Waals surface area contributed by atoms with Crippen LogP contribution in [0.3, 0.4) is 0 Å². The molecule has 0 aliphatic rings. The Morgan fingerprint density at radius 2 is 1.89 bits per heavy atom. The first-order chi connectivity index (χ1) is 9.02. The second kappa shape index (κ2) is 7.25. The SMILES string of the molecule is C[C@H]([C]=O)NC(=O)[C@H](C)NC(=O)Cc1ccncc1. The van der Waals surface area contributed by atoms with Crippen molar-refractivity contribution in [3.05, 3.63) is 30.1 Å². The molecule has 0 aromatic carbocycles. The van der Waals surface area contributed by atoms with Crippen LogP contribution in [0.1, 0.15) is 19.4 Å². The van der Waals surface area contributed by atoms with Gasteiger partial charge in [0.05, 0.1) is 12.5 Å². The average molecular weight is 262 g/mol. The monoisotopic (exact) mass is 262 g/mol. The Hall–Kier alpha value is -2.24. The van der Waals surface area contributed by atoms with Crippen LogP contribution >= 0.6 is 0 Å². The summed E-state index contributed by atoms with van der Waals surface area (Å²) in [6.07, 6.45) is 5.01. The molecule has 19 heavy (non-hydrogen) atoms. The predicted molar refractivity (Wildman–Crippen MR) is 68.8 cm³/mol. The molecule has 1 rings (SSSR count). The highest BCUT2D eigenvalue weighted by Crippen LogP contribution is 1.97. The van der Waals surface area contributed by atoms with Crippen molar-refractivity contribution in [1.29, 1.82) is 0 Å². The molecule has 1 heterocycles. The normalized spacial score (nSPS) is 13.2. The van der Waals surface area contributed by atoms with Crippen LogP contribution < -0.4 is 10.6 Å². The van der Waals surface area contributed by atoms with E-state index in [4.69, 9.17) is 0 Å². The molecular weight excluding hydrogens is 246 g/mol. The van der Waals surface area contributed by atoms with Crippen molar-refractivity contribution >= 4 is 18.1 Å². The molecule has 0 unspecified atom stereocenters. The highest BCUT2D eigenvalue weighted by atomic mass is 16.2. The summed E-state index contributed by atoms with van der Waals surface area (Å²) >= 11 is 0. The fourth-order valence-corrected chi connectivity index (χ4v) is 1.41. The van der Waals surface area contributed by atoms with Crippen molar-refractivity contribution in [2.75, 3.05) is 0 Å². The first-order valence-electron chi connectivity index (χ1n) is 5.89. The molecule has 1 radical (unpaired) electrons. The zero-order valence-corrected chi connectivity index (χ0v) is 10.8. The van der Waals surface area contributed by atoms with Crippen molar-refractivity contribution in [3.63, 3.8) is 0 Å². The van der Waals surface area contributed by atoms with E-state index >= 15 is 0 Å². The van der Waals surface area contributed by atoms with Gasteiger partial charge in [0.15, 0.2) is 0 Å². The Balaban J connectivity index is 2.43. The van der Waals surface area contributed by atoms with Crippen molar-refractivity contribution in [2.24, 2.45) is 0 Å². The Kier molecular flexibility index (Phi) is 5.66. The third-order valence-corrected chi connectivity index (χ3v) is 2.42. The average Bonchev–Trinajstić information content (AvgIpc) is 2.39. The van der Waals surface area contributed by atoms with Gasteiger partial charge >= 0.3 is 0 Å². The van der Waals surface area contributed by atoms with E-state index in [2.05, 4.69) is 15.6 Å². The summed E-state index contributed by atoms with van der Waals surface area (Å²) in [5.41, 5.74) is 0.815. The zero-order valence-electron chi connectivity index (χ0n) is 10.8. The predicted octanol–water partition coefficient (Wildman–Crippen LogP) is -0.257. The van der Waals surface area contributed by atoms with Crippen LogP contribution in [-0.4, -0.2) is 35.2 Å². The summed E-state index contributed by atoms with van der Waals surface area (Å²) in [6.45, 7) is 3.06. The Bertz CT molecular complexity index is 448. The number of rotatable bonds is 6. The van der Waals surface area contributed by atoms with Gasteiger partial charge in [-0.25, -0.2) is 0 Å². The number of nitrogens with zero attached hydrogens (tertiary/aromatic N) is 1. The van der Waals surface area contributed by atoms with Gasteiger partial charge in [-0.2, -0.15) is 0 Å². The molecule has 0 aliphatic heterocycles. The minimum absolute atomic E-state index is 0.176. The first-order valence-corrected chi connectivity index (χ1v) is 5.89. The number of hydrogen-bond donors (Lipinski definition) is 2. The van der Waals surface area contributed by atoms with E-state index in [-0.39, 0.29) is 12.3 Å². The summed E-state index contributed by atoms with van der Waals surface area (Å²) in [5.74, 6) is -0.685. The Labute approximate surface area is 111 Å². The smallest absolute Gasteiger partial charge is 0.242 e. The van der Waals surface area contributed by atoms with E-state index in [9.17, 15) is 14.4 Å². The summed E-state index contributed by atoms with van der Waals surface area (Å²) in [4.78, 5) is 37.4. The van der Waals surface area contributed by atoms with Crippen LogP contribution in [0.4, 0.5) is 0 Å². The number of carbonyl (C=O) groups excluding carboxylic acids is 3. The van der Waals surface area contributed by atoms with Crippen molar-refractivity contribution in [2.45, 2.75) is 32.4 Å². The highest BCUT2D eigenvalue weighted by Gasteiger charge is 2.17. The number of carbonyl (C=O) groups is 2. The van der Waals surface area contributed by atoms with E-state index < -0.39 is 18.0 Å². The van der Waals surface area contributed by atoms with Gasteiger partial charge in [-0.3, -0.25) is 19.4 Å². The molecule has 0 aliphatic carbocycles. The lowest BCUT2D eigenvalue weighted by Crippen LogP contribution is -2.48. The topological polar surface area (TPSA) is 88.2 Å². The van der Waals surface area contributed by atoms with Gasteiger partial charge in [-0.15, -0.1) is 0 Å². The molecule has 0 fully saturated rings. The maximum atomic E-state index is 11.7. The Morgan fingerprint density at radius 1 is 1.26 bits per heavy atom. The van der Waals surface area contributed by atoms with Crippen LogP contribution in [0.25, 0.3) is 0 Å².